The SMILES string of the molecule is CCC1CCC(c2ccc(Cc3ccccc3C(F)(F)c3c(Oc4ccc(CC(CCOC)C(F)(F)F)c(F)c4C(F)(F)c4ccccc4Cc4ccc(C5CCC(CC)CC5)cc4)ccc(CC(CCOC)C(F)(F)F)c3F)cc2)CC1. The third-order valence-electron chi connectivity index (χ3n) is 17.7. The van der Waals surface area contributed by atoms with Gasteiger partial charge in [-0.25, -0.2) is 8.78 Å². The lowest BCUT2D eigenvalue weighted by molar-refractivity contribution is -0.179. The average Bonchev–Trinajstić information content (AvgIpc) is 3.39. The van der Waals surface area contributed by atoms with E-state index in [-0.39, 0.29) is 24.0 Å². The minimum atomic E-state index is -4.94. The summed E-state index contributed by atoms with van der Waals surface area (Å²) in [6, 6.07) is 28.5. The maximum Gasteiger partial charge on any atom is 0.392 e. The van der Waals surface area contributed by atoms with Gasteiger partial charge in [0.1, 0.15) is 34.3 Å². The average molecular weight is 1170 g/mol. The molecule has 2 saturated carbocycles. The van der Waals surface area contributed by atoms with Crippen molar-refractivity contribution in [2.45, 2.75) is 153 Å². The second kappa shape index (κ2) is 27.5. The Bertz CT molecular complexity index is 2840. The lowest BCUT2D eigenvalue weighted by Crippen LogP contribution is -2.28. The normalized spacial score (nSPS) is 18.9. The van der Waals surface area contributed by atoms with Crippen molar-refractivity contribution in [1.82, 2.24) is 0 Å². The Hall–Kier alpha value is -5.80. The van der Waals surface area contributed by atoms with Crippen LogP contribution in [-0.4, -0.2) is 39.8 Å². The number of ether oxygens (including phenoxy) is 3. The minimum absolute atomic E-state index is 0.00150. The molecule has 0 bridgehead atoms. The predicted molar refractivity (Wildman–Crippen MR) is 300 cm³/mol. The van der Waals surface area contributed by atoms with Crippen LogP contribution < -0.4 is 4.74 Å². The molecule has 2 unspecified atom stereocenters. The van der Waals surface area contributed by atoms with E-state index < -0.39 is 131 Å². The molecule has 0 radical (unpaired) electrons. The highest BCUT2D eigenvalue weighted by atomic mass is 19.4. The van der Waals surface area contributed by atoms with Crippen LogP contribution in [0.1, 0.15) is 169 Å². The zero-order chi connectivity index (χ0) is 59.7. The molecule has 8 rings (SSSR count). The van der Waals surface area contributed by atoms with E-state index in [2.05, 4.69) is 13.8 Å². The van der Waals surface area contributed by atoms with Crippen LogP contribution >= 0.6 is 0 Å². The number of hydrogen-bond donors (Lipinski definition) is 0. The Morgan fingerprint density at radius 1 is 0.434 bits per heavy atom. The van der Waals surface area contributed by atoms with Gasteiger partial charge in [0.2, 0.25) is 0 Å². The molecular formula is C68H74F12O3. The lowest BCUT2D eigenvalue weighted by atomic mass is 9.77. The van der Waals surface area contributed by atoms with Gasteiger partial charge in [-0.2, -0.15) is 43.9 Å². The van der Waals surface area contributed by atoms with Gasteiger partial charge in [-0.05, 0) is 170 Å². The second-order valence-electron chi connectivity index (χ2n) is 22.9. The fourth-order valence-electron chi connectivity index (χ4n) is 12.5. The molecule has 3 nitrogen and oxygen atoms in total. The van der Waals surface area contributed by atoms with E-state index in [1.165, 1.54) is 50.6 Å². The van der Waals surface area contributed by atoms with Gasteiger partial charge in [0.15, 0.2) is 0 Å². The fourth-order valence-corrected chi connectivity index (χ4v) is 12.5. The third kappa shape index (κ3) is 15.2. The fraction of sp³-hybridized carbons (Fsp3) is 0.471. The summed E-state index contributed by atoms with van der Waals surface area (Å²) >= 11 is 0. The van der Waals surface area contributed by atoms with Gasteiger partial charge >= 0.3 is 24.2 Å². The van der Waals surface area contributed by atoms with Gasteiger partial charge in [-0.15, -0.1) is 0 Å². The monoisotopic (exact) mass is 1170 g/mol. The van der Waals surface area contributed by atoms with Crippen LogP contribution in [0.2, 0.25) is 0 Å². The summed E-state index contributed by atoms with van der Waals surface area (Å²) in [5.41, 5.74) is -2.95. The van der Waals surface area contributed by atoms with Crippen molar-refractivity contribution >= 4 is 0 Å². The highest BCUT2D eigenvalue weighted by Crippen LogP contribution is 2.51. The molecule has 0 heterocycles. The second-order valence-corrected chi connectivity index (χ2v) is 22.9. The molecule has 448 valence electrons. The number of alkyl halides is 10. The van der Waals surface area contributed by atoms with E-state index in [0.29, 0.717) is 34.8 Å². The van der Waals surface area contributed by atoms with Crippen molar-refractivity contribution < 1.29 is 66.9 Å². The Morgan fingerprint density at radius 2 is 0.783 bits per heavy atom. The maximum atomic E-state index is 18.0. The molecule has 2 aliphatic carbocycles. The summed E-state index contributed by atoms with van der Waals surface area (Å²) < 4.78 is 210. The van der Waals surface area contributed by atoms with Gasteiger partial charge in [-0.1, -0.05) is 136 Å². The first-order valence-electron chi connectivity index (χ1n) is 29.1. The molecular weight excluding hydrogens is 1090 g/mol. The zero-order valence-electron chi connectivity index (χ0n) is 47.5. The summed E-state index contributed by atoms with van der Waals surface area (Å²) in [7, 11) is 2.34. The Balaban J connectivity index is 1.23. The van der Waals surface area contributed by atoms with Crippen LogP contribution in [0, 0.1) is 35.3 Å². The van der Waals surface area contributed by atoms with Gasteiger partial charge in [0, 0.05) is 38.6 Å². The highest BCUT2D eigenvalue weighted by Gasteiger charge is 2.48. The molecule has 0 saturated heterocycles. The molecule has 2 atom stereocenters. The maximum absolute atomic E-state index is 18.0. The molecule has 0 spiro atoms. The van der Waals surface area contributed by atoms with Crippen molar-refractivity contribution in [3.63, 3.8) is 0 Å². The van der Waals surface area contributed by atoms with Crippen molar-refractivity contribution in [2.75, 3.05) is 27.4 Å². The number of methoxy groups -OCH3 is 2. The number of hydrogen-bond acceptors (Lipinski definition) is 3. The highest BCUT2D eigenvalue weighted by molar-refractivity contribution is 5.55. The molecule has 0 N–H and O–H groups in total. The minimum Gasteiger partial charge on any atom is -0.456 e. The predicted octanol–water partition coefficient (Wildman–Crippen LogP) is 20.1. The topological polar surface area (TPSA) is 27.7 Å². The smallest absolute Gasteiger partial charge is 0.392 e. The Morgan fingerprint density at radius 3 is 1.11 bits per heavy atom. The van der Waals surface area contributed by atoms with E-state index in [4.69, 9.17) is 14.2 Å². The van der Waals surface area contributed by atoms with Crippen LogP contribution in [0.5, 0.6) is 11.5 Å². The van der Waals surface area contributed by atoms with Crippen molar-refractivity contribution in [3.8, 4) is 11.5 Å². The largest absolute Gasteiger partial charge is 0.456 e. The van der Waals surface area contributed by atoms with Gasteiger partial charge in [0.25, 0.3) is 0 Å². The van der Waals surface area contributed by atoms with E-state index in [1.807, 2.05) is 48.5 Å². The molecule has 83 heavy (non-hydrogen) atoms. The van der Waals surface area contributed by atoms with E-state index in [1.54, 1.807) is 0 Å². The molecule has 2 aliphatic rings. The lowest BCUT2D eigenvalue weighted by Gasteiger charge is -2.28. The zero-order valence-corrected chi connectivity index (χ0v) is 47.5. The van der Waals surface area contributed by atoms with Crippen molar-refractivity contribution in [3.05, 3.63) is 200 Å². The summed E-state index contributed by atoms with van der Waals surface area (Å²) in [6.07, 6.45) is -2.99. The van der Waals surface area contributed by atoms with Crippen LogP contribution in [0.3, 0.4) is 0 Å². The van der Waals surface area contributed by atoms with Crippen LogP contribution in [0.25, 0.3) is 0 Å². The molecule has 6 aromatic carbocycles. The Kier molecular flexibility index (Phi) is 20.9. The van der Waals surface area contributed by atoms with Gasteiger partial charge in [-0.3, -0.25) is 0 Å². The molecule has 0 aliphatic heterocycles. The number of benzene rings is 6. The summed E-state index contributed by atoms with van der Waals surface area (Å²) in [4.78, 5) is 0. The van der Waals surface area contributed by atoms with Gasteiger partial charge in [0.05, 0.1) is 11.8 Å². The summed E-state index contributed by atoms with van der Waals surface area (Å²) in [5, 5.41) is 0. The molecule has 6 aromatic rings. The first-order chi connectivity index (χ1) is 39.6. The number of rotatable bonds is 24. The summed E-state index contributed by atoms with van der Waals surface area (Å²) in [5.74, 6) is -17.5. The first-order valence-corrected chi connectivity index (χ1v) is 29.1. The van der Waals surface area contributed by atoms with Crippen molar-refractivity contribution in [2.24, 2.45) is 23.7 Å². The molecule has 0 amide bonds. The summed E-state index contributed by atoms with van der Waals surface area (Å²) in [6.45, 7) is 3.54. The molecule has 0 aromatic heterocycles. The molecule has 2 fully saturated rings. The Labute approximate surface area is 480 Å². The number of halogens is 12. The van der Waals surface area contributed by atoms with E-state index >= 15 is 26.3 Å². The quantitative estimate of drug-likeness (QED) is 0.0565. The van der Waals surface area contributed by atoms with Crippen LogP contribution in [-0.2, 0) is 47.0 Å². The van der Waals surface area contributed by atoms with Gasteiger partial charge < -0.3 is 14.2 Å². The third-order valence-corrected chi connectivity index (χ3v) is 17.7. The molecule has 15 heteroatoms. The first kappa shape index (κ1) is 63.2. The standard InChI is InChI=1S/C68H74F12O3/c1-5-43-15-23-47(24-16-43)49-27-19-45(20-28-49)39-51-11-7-9-13-57(51)65(71,72)61-59(33-31-53(63(61)69)41-55(35-37-81-3)67(75,76)77)83-60-34-32-54(42-56(36-38-82-4)68(78,79)80)64(70)62(60)66(73,74)58-14-10-8-12-52(58)40-46-21-29-50(30-22-46)48-25-17-44(6-2)18-26-48/h7-14,19-22,27-34,43-44,47-48,55-56H,5-6,15-18,23-26,35-42H2,1-4H3. The van der Waals surface area contributed by atoms with Crippen LogP contribution in [0.15, 0.2) is 121 Å². The van der Waals surface area contributed by atoms with E-state index in [9.17, 15) is 26.3 Å². The van der Waals surface area contributed by atoms with E-state index in [0.717, 1.165) is 112 Å². The van der Waals surface area contributed by atoms with Crippen molar-refractivity contribution in [1.29, 1.82) is 0 Å². The van der Waals surface area contributed by atoms with Crippen LogP contribution in [0.4, 0.5) is 52.7 Å².